The molecule has 0 amide bonds. The first kappa shape index (κ1) is 13.1. The van der Waals surface area contributed by atoms with Gasteiger partial charge in [0.05, 0.1) is 5.39 Å². The van der Waals surface area contributed by atoms with E-state index in [9.17, 15) is 0 Å². The fraction of sp³-hybridized carbons (Fsp3) is 0.538. The summed E-state index contributed by atoms with van der Waals surface area (Å²) in [4.78, 5) is 10.9. The van der Waals surface area contributed by atoms with Gasteiger partial charge in [-0.15, -0.1) is 11.3 Å². The molecule has 0 saturated carbocycles. The molecule has 3 N–H and O–H groups in total. The second kappa shape index (κ2) is 5.52. The minimum Gasteiger partial charge on any atom is -0.368 e. The molecule has 5 heteroatoms. The van der Waals surface area contributed by atoms with E-state index in [-0.39, 0.29) is 0 Å². The number of thiophene rings is 1. The average molecular weight is 264 g/mol. The predicted octanol–water partition coefficient (Wildman–Crippen LogP) is 3.44. The van der Waals surface area contributed by atoms with Crippen molar-refractivity contribution in [1.29, 1.82) is 0 Å². The van der Waals surface area contributed by atoms with Gasteiger partial charge in [-0.2, -0.15) is 4.98 Å². The summed E-state index contributed by atoms with van der Waals surface area (Å²) < 4.78 is 0. The van der Waals surface area contributed by atoms with E-state index in [1.807, 2.05) is 0 Å². The minimum atomic E-state index is 0.346. The highest BCUT2D eigenvalue weighted by Gasteiger charge is 2.11. The summed E-state index contributed by atoms with van der Waals surface area (Å²) in [5, 5.41) is 4.53. The number of aryl methyl sites for hydroxylation is 1. The van der Waals surface area contributed by atoms with Gasteiger partial charge in [-0.05, 0) is 25.8 Å². The van der Waals surface area contributed by atoms with Gasteiger partial charge in [-0.25, -0.2) is 4.98 Å². The van der Waals surface area contributed by atoms with Crippen LogP contribution in [0, 0.1) is 0 Å². The van der Waals surface area contributed by atoms with Crippen molar-refractivity contribution in [3.63, 3.8) is 0 Å². The van der Waals surface area contributed by atoms with E-state index in [0.717, 1.165) is 35.3 Å². The van der Waals surface area contributed by atoms with Gasteiger partial charge in [0.25, 0.3) is 0 Å². The van der Waals surface area contributed by atoms with Gasteiger partial charge in [0, 0.05) is 10.9 Å². The Morgan fingerprint density at radius 3 is 2.83 bits per heavy atom. The molecule has 0 aromatic carbocycles. The first-order valence-corrected chi connectivity index (χ1v) is 7.28. The summed E-state index contributed by atoms with van der Waals surface area (Å²) in [5.74, 6) is 1.22. The number of nitrogens with zero attached hydrogens (tertiary/aromatic N) is 2. The van der Waals surface area contributed by atoms with Crippen LogP contribution < -0.4 is 11.1 Å². The Hall–Kier alpha value is -1.36. The van der Waals surface area contributed by atoms with Crippen LogP contribution in [-0.4, -0.2) is 16.0 Å². The smallest absolute Gasteiger partial charge is 0.223 e. The zero-order valence-corrected chi connectivity index (χ0v) is 12.0. The molecule has 0 aliphatic rings. The lowest BCUT2D eigenvalue weighted by Gasteiger charge is -2.14. The largest absolute Gasteiger partial charge is 0.368 e. The van der Waals surface area contributed by atoms with E-state index in [1.165, 1.54) is 4.88 Å². The topological polar surface area (TPSA) is 63.8 Å². The molecular formula is C13H20N4S. The molecule has 0 radical (unpaired) electrons. The van der Waals surface area contributed by atoms with E-state index in [0.29, 0.717) is 12.0 Å². The van der Waals surface area contributed by atoms with Crippen molar-refractivity contribution in [2.45, 2.75) is 46.1 Å². The predicted molar refractivity (Wildman–Crippen MR) is 79.2 cm³/mol. The summed E-state index contributed by atoms with van der Waals surface area (Å²) in [5.41, 5.74) is 5.77. The maximum atomic E-state index is 5.77. The molecular weight excluding hydrogens is 244 g/mol. The Balaban J connectivity index is 2.38. The monoisotopic (exact) mass is 264 g/mol. The molecule has 2 heterocycles. The normalized spacial score (nSPS) is 12.8. The Kier molecular flexibility index (Phi) is 4.01. The van der Waals surface area contributed by atoms with Gasteiger partial charge in [-0.1, -0.05) is 20.3 Å². The average Bonchev–Trinajstić information content (AvgIpc) is 2.72. The number of anilines is 2. The second-order valence-electron chi connectivity index (χ2n) is 4.55. The molecule has 1 atom stereocenters. The zero-order chi connectivity index (χ0) is 13.1. The number of nitrogens with two attached hydrogens (primary N) is 1. The Morgan fingerprint density at radius 2 is 2.17 bits per heavy atom. The SMILES string of the molecule is CCCC(C)Nc1nc(N)nc2sc(CC)cc12. The van der Waals surface area contributed by atoms with Gasteiger partial charge in [0.1, 0.15) is 10.6 Å². The van der Waals surface area contributed by atoms with Crippen LogP contribution in [0.4, 0.5) is 11.8 Å². The van der Waals surface area contributed by atoms with Crippen molar-refractivity contribution in [2.24, 2.45) is 0 Å². The highest BCUT2D eigenvalue weighted by atomic mass is 32.1. The molecule has 98 valence electrons. The Morgan fingerprint density at radius 1 is 1.39 bits per heavy atom. The van der Waals surface area contributed by atoms with Crippen LogP contribution in [0.1, 0.15) is 38.5 Å². The van der Waals surface area contributed by atoms with Crippen molar-refractivity contribution in [1.82, 2.24) is 9.97 Å². The van der Waals surface area contributed by atoms with Crippen LogP contribution in [0.25, 0.3) is 10.2 Å². The number of aromatic nitrogens is 2. The van der Waals surface area contributed by atoms with E-state index >= 15 is 0 Å². The maximum Gasteiger partial charge on any atom is 0.223 e. The van der Waals surface area contributed by atoms with Gasteiger partial charge >= 0.3 is 0 Å². The lowest BCUT2D eigenvalue weighted by molar-refractivity contribution is 0.688. The first-order chi connectivity index (χ1) is 8.63. The Labute approximate surface area is 112 Å². The van der Waals surface area contributed by atoms with Gasteiger partial charge < -0.3 is 11.1 Å². The molecule has 0 spiro atoms. The summed E-state index contributed by atoms with van der Waals surface area (Å²) >= 11 is 1.69. The van der Waals surface area contributed by atoms with Crippen molar-refractivity contribution >= 4 is 33.3 Å². The van der Waals surface area contributed by atoms with E-state index in [4.69, 9.17) is 5.73 Å². The molecule has 4 nitrogen and oxygen atoms in total. The number of rotatable bonds is 5. The van der Waals surface area contributed by atoms with Crippen molar-refractivity contribution in [3.05, 3.63) is 10.9 Å². The van der Waals surface area contributed by atoms with E-state index in [2.05, 4.69) is 42.1 Å². The van der Waals surface area contributed by atoms with Gasteiger partial charge in [-0.3, -0.25) is 0 Å². The fourth-order valence-corrected chi connectivity index (χ4v) is 2.98. The first-order valence-electron chi connectivity index (χ1n) is 6.46. The molecule has 1 unspecified atom stereocenters. The molecule has 0 aliphatic carbocycles. The van der Waals surface area contributed by atoms with Gasteiger partial charge in [0.2, 0.25) is 5.95 Å². The summed E-state index contributed by atoms with van der Waals surface area (Å²) in [6, 6.07) is 2.57. The van der Waals surface area contributed by atoms with Gasteiger partial charge in [0.15, 0.2) is 0 Å². The number of hydrogen-bond acceptors (Lipinski definition) is 5. The maximum absolute atomic E-state index is 5.77. The summed E-state index contributed by atoms with van der Waals surface area (Å²) in [7, 11) is 0. The van der Waals surface area contributed by atoms with Crippen LogP contribution in [0.2, 0.25) is 0 Å². The van der Waals surface area contributed by atoms with Crippen LogP contribution >= 0.6 is 11.3 Å². The molecule has 2 aromatic rings. The second-order valence-corrected chi connectivity index (χ2v) is 5.66. The molecule has 2 rings (SSSR count). The third-order valence-electron chi connectivity index (χ3n) is 2.91. The van der Waals surface area contributed by atoms with E-state index < -0.39 is 0 Å². The van der Waals surface area contributed by atoms with Crippen LogP contribution in [0.5, 0.6) is 0 Å². The van der Waals surface area contributed by atoms with Crippen molar-refractivity contribution in [3.8, 4) is 0 Å². The van der Waals surface area contributed by atoms with E-state index in [1.54, 1.807) is 11.3 Å². The minimum absolute atomic E-state index is 0.346. The molecule has 0 fully saturated rings. The zero-order valence-electron chi connectivity index (χ0n) is 11.2. The Bertz CT molecular complexity index is 535. The van der Waals surface area contributed by atoms with Crippen LogP contribution in [-0.2, 0) is 6.42 Å². The molecule has 18 heavy (non-hydrogen) atoms. The van der Waals surface area contributed by atoms with Crippen LogP contribution in [0.3, 0.4) is 0 Å². The third kappa shape index (κ3) is 2.72. The molecule has 0 aliphatic heterocycles. The highest BCUT2D eigenvalue weighted by Crippen LogP contribution is 2.30. The number of nitrogens with one attached hydrogen (secondary N) is 1. The highest BCUT2D eigenvalue weighted by molar-refractivity contribution is 7.18. The summed E-state index contributed by atoms with van der Waals surface area (Å²) in [6.07, 6.45) is 3.29. The lowest BCUT2D eigenvalue weighted by atomic mass is 10.2. The third-order valence-corrected chi connectivity index (χ3v) is 4.09. The molecule has 0 saturated heterocycles. The number of nitrogen functional groups attached to an aromatic ring is 1. The lowest BCUT2D eigenvalue weighted by Crippen LogP contribution is -2.16. The van der Waals surface area contributed by atoms with Crippen molar-refractivity contribution in [2.75, 3.05) is 11.1 Å². The molecule has 0 bridgehead atoms. The number of hydrogen-bond donors (Lipinski definition) is 2. The fourth-order valence-electron chi connectivity index (χ4n) is 2.01. The molecule has 2 aromatic heterocycles. The van der Waals surface area contributed by atoms with Crippen LogP contribution in [0.15, 0.2) is 6.07 Å². The standard InChI is InChI=1S/C13H20N4S/c1-4-6-8(3)15-11-10-7-9(5-2)18-12(10)17-13(14)16-11/h7-8H,4-6H2,1-3H3,(H3,14,15,16,17). The number of fused-ring (bicyclic) bond motifs is 1. The van der Waals surface area contributed by atoms with Crippen molar-refractivity contribution < 1.29 is 0 Å². The summed E-state index contributed by atoms with van der Waals surface area (Å²) in [6.45, 7) is 6.50. The quantitative estimate of drug-likeness (QED) is 0.868.